The SMILES string of the molecule is COC(=O)c1ccc(-c2ncc(Br)cc2[N+](=O)[O-])n1Cc1ccccc1. The summed E-state index contributed by atoms with van der Waals surface area (Å²) in [5.74, 6) is -0.521. The molecule has 26 heavy (non-hydrogen) atoms. The van der Waals surface area contributed by atoms with Crippen molar-refractivity contribution in [2.24, 2.45) is 0 Å². The number of hydrogen-bond acceptors (Lipinski definition) is 5. The number of nitrogens with zero attached hydrogens (tertiary/aromatic N) is 3. The van der Waals surface area contributed by atoms with Crippen molar-refractivity contribution in [3.05, 3.63) is 80.6 Å². The van der Waals surface area contributed by atoms with Gasteiger partial charge in [0.2, 0.25) is 0 Å². The minimum Gasteiger partial charge on any atom is -0.464 e. The molecule has 0 spiro atoms. The maximum atomic E-state index is 12.1. The van der Waals surface area contributed by atoms with Crippen molar-refractivity contribution < 1.29 is 14.5 Å². The molecule has 2 heterocycles. The number of halogens is 1. The minimum atomic E-state index is -0.521. The average Bonchev–Trinajstić information content (AvgIpc) is 3.05. The second-order valence-corrected chi connectivity index (χ2v) is 6.36. The molecule has 0 saturated carbocycles. The van der Waals surface area contributed by atoms with Gasteiger partial charge in [0.15, 0.2) is 5.69 Å². The summed E-state index contributed by atoms with van der Waals surface area (Å²) in [5, 5.41) is 11.5. The average molecular weight is 416 g/mol. The van der Waals surface area contributed by atoms with E-state index in [0.29, 0.717) is 22.4 Å². The molecule has 0 aliphatic heterocycles. The van der Waals surface area contributed by atoms with Crippen LogP contribution >= 0.6 is 15.9 Å². The van der Waals surface area contributed by atoms with E-state index in [4.69, 9.17) is 4.74 Å². The second kappa shape index (κ2) is 7.49. The number of carbonyl (C=O) groups excluding carboxylic acids is 1. The van der Waals surface area contributed by atoms with Crippen LogP contribution in [0.4, 0.5) is 5.69 Å². The summed E-state index contributed by atoms with van der Waals surface area (Å²) in [7, 11) is 1.29. The first kappa shape index (κ1) is 17.8. The monoisotopic (exact) mass is 415 g/mol. The molecule has 0 aliphatic carbocycles. The van der Waals surface area contributed by atoms with Gasteiger partial charge in [-0.05, 0) is 33.6 Å². The number of benzene rings is 1. The lowest BCUT2D eigenvalue weighted by Gasteiger charge is -2.13. The first-order valence-electron chi connectivity index (χ1n) is 7.63. The quantitative estimate of drug-likeness (QED) is 0.356. The molecule has 0 N–H and O–H groups in total. The Morgan fingerprint density at radius 3 is 2.65 bits per heavy atom. The highest BCUT2D eigenvalue weighted by Gasteiger charge is 2.24. The molecule has 0 aliphatic rings. The largest absolute Gasteiger partial charge is 0.464 e. The van der Waals surface area contributed by atoms with Crippen molar-refractivity contribution in [2.45, 2.75) is 6.54 Å². The highest BCUT2D eigenvalue weighted by molar-refractivity contribution is 9.10. The Kier molecular flexibility index (Phi) is 5.13. The van der Waals surface area contributed by atoms with Crippen LogP contribution in [-0.4, -0.2) is 27.6 Å². The zero-order chi connectivity index (χ0) is 18.7. The Bertz CT molecular complexity index is 970. The van der Waals surface area contributed by atoms with Gasteiger partial charge in [0.1, 0.15) is 5.69 Å². The topological polar surface area (TPSA) is 87.3 Å². The van der Waals surface area contributed by atoms with Gasteiger partial charge in [-0.3, -0.25) is 10.1 Å². The van der Waals surface area contributed by atoms with Crippen molar-refractivity contribution in [1.29, 1.82) is 0 Å². The third kappa shape index (κ3) is 3.50. The number of esters is 1. The molecule has 0 bridgehead atoms. The standard InChI is InChI=1S/C18H14BrN3O4/c1-26-18(23)15-8-7-14(21(15)11-12-5-3-2-4-6-12)17-16(22(24)25)9-13(19)10-20-17/h2-10H,11H2,1H3. The van der Waals surface area contributed by atoms with E-state index >= 15 is 0 Å². The fourth-order valence-corrected chi connectivity index (χ4v) is 2.98. The van der Waals surface area contributed by atoms with Gasteiger partial charge < -0.3 is 9.30 Å². The zero-order valence-electron chi connectivity index (χ0n) is 13.8. The second-order valence-electron chi connectivity index (χ2n) is 5.45. The van der Waals surface area contributed by atoms with E-state index in [1.165, 1.54) is 19.4 Å². The Hall–Kier alpha value is -3.00. The van der Waals surface area contributed by atoms with Gasteiger partial charge in [0.25, 0.3) is 5.69 Å². The molecule has 2 aromatic heterocycles. The van der Waals surface area contributed by atoms with Crippen molar-refractivity contribution in [3.8, 4) is 11.4 Å². The van der Waals surface area contributed by atoms with Gasteiger partial charge in [-0.1, -0.05) is 30.3 Å². The van der Waals surface area contributed by atoms with Crippen LogP contribution in [0.25, 0.3) is 11.4 Å². The van der Waals surface area contributed by atoms with Gasteiger partial charge in [0, 0.05) is 23.3 Å². The summed E-state index contributed by atoms with van der Waals surface area (Å²) in [6, 6.07) is 14.1. The molecule has 1 aromatic carbocycles. The van der Waals surface area contributed by atoms with Gasteiger partial charge >= 0.3 is 5.97 Å². The van der Waals surface area contributed by atoms with E-state index in [2.05, 4.69) is 20.9 Å². The van der Waals surface area contributed by atoms with Crippen LogP contribution in [0.15, 0.2) is 59.2 Å². The normalized spacial score (nSPS) is 10.5. The maximum Gasteiger partial charge on any atom is 0.354 e. The summed E-state index contributed by atoms with van der Waals surface area (Å²) in [6.45, 7) is 0.350. The molecular weight excluding hydrogens is 402 g/mol. The van der Waals surface area contributed by atoms with Gasteiger partial charge in [-0.25, -0.2) is 9.78 Å². The molecule has 0 unspecified atom stereocenters. The lowest BCUT2D eigenvalue weighted by molar-refractivity contribution is -0.384. The van der Waals surface area contributed by atoms with Crippen LogP contribution in [-0.2, 0) is 11.3 Å². The van der Waals surface area contributed by atoms with Crippen LogP contribution in [0.1, 0.15) is 16.1 Å². The minimum absolute atomic E-state index is 0.150. The zero-order valence-corrected chi connectivity index (χ0v) is 15.3. The smallest absolute Gasteiger partial charge is 0.354 e. The van der Waals surface area contributed by atoms with Gasteiger partial charge in [-0.15, -0.1) is 0 Å². The van der Waals surface area contributed by atoms with E-state index in [9.17, 15) is 14.9 Å². The predicted octanol–water partition coefficient (Wildman–Crippen LogP) is 4.06. The van der Waals surface area contributed by atoms with Crippen LogP contribution in [0.3, 0.4) is 0 Å². The lowest BCUT2D eigenvalue weighted by atomic mass is 10.2. The van der Waals surface area contributed by atoms with Crippen molar-refractivity contribution >= 4 is 27.6 Å². The lowest BCUT2D eigenvalue weighted by Crippen LogP contribution is -2.13. The summed E-state index contributed by atoms with van der Waals surface area (Å²) in [6.07, 6.45) is 1.49. The molecule has 0 atom stereocenters. The van der Waals surface area contributed by atoms with Crippen molar-refractivity contribution in [2.75, 3.05) is 7.11 Å². The molecule has 3 aromatic rings. The van der Waals surface area contributed by atoms with Crippen molar-refractivity contribution in [1.82, 2.24) is 9.55 Å². The summed E-state index contributed by atoms with van der Waals surface area (Å²) >= 11 is 3.20. The van der Waals surface area contributed by atoms with E-state index in [-0.39, 0.29) is 11.4 Å². The van der Waals surface area contributed by atoms with E-state index in [1.54, 1.807) is 16.7 Å². The number of ether oxygens (including phenoxy) is 1. The fraction of sp³-hybridized carbons (Fsp3) is 0.111. The first-order valence-corrected chi connectivity index (χ1v) is 8.42. The number of pyridine rings is 1. The molecule has 0 radical (unpaired) electrons. The molecule has 0 amide bonds. The number of carbonyl (C=O) groups is 1. The molecule has 0 fully saturated rings. The highest BCUT2D eigenvalue weighted by Crippen LogP contribution is 2.32. The predicted molar refractivity (Wildman–Crippen MR) is 98.9 cm³/mol. The Morgan fingerprint density at radius 2 is 2.00 bits per heavy atom. The molecule has 3 rings (SSSR count). The Labute approximate surface area is 157 Å². The number of rotatable bonds is 5. The van der Waals surface area contributed by atoms with Crippen molar-refractivity contribution in [3.63, 3.8) is 0 Å². The Balaban J connectivity index is 2.18. The molecular formula is C18H14BrN3O4. The number of aromatic nitrogens is 2. The van der Waals surface area contributed by atoms with Crippen LogP contribution in [0, 0.1) is 10.1 Å². The maximum absolute atomic E-state index is 12.1. The third-order valence-corrected chi connectivity index (χ3v) is 4.27. The molecule has 0 saturated heterocycles. The first-order chi connectivity index (χ1) is 12.5. The van der Waals surface area contributed by atoms with Crippen LogP contribution in [0.5, 0.6) is 0 Å². The van der Waals surface area contributed by atoms with Crippen LogP contribution in [0.2, 0.25) is 0 Å². The van der Waals surface area contributed by atoms with Crippen LogP contribution < -0.4 is 0 Å². The number of nitro groups is 1. The van der Waals surface area contributed by atoms with E-state index < -0.39 is 10.9 Å². The summed E-state index contributed by atoms with van der Waals surface area (Å²) < 4.78 is 7.01. The number of methoxy groups -OCH3 is 1. The molecule has 132 valence electrons. The molecule has 7 nitrogen and oxygen atoms in total. The fourth-order valence-electron chi connectivity index (χ4n) is 2.66. The van der Waals surface area contributed by atoms with E-state index in [0.717, 1.165) is 5.56 Å². The third-order valence-electron chi connectivity index (χ3n) is 3.83. The van der Waals surface area contributed by atoms with E-state index in [1.807, 2.05) is 30.3 Å². The summed E-state index contributed by atoms with van der Waals surface area (Å²) in [4.78, 5) is 27.3. The van der Waals surface area contributed by atoms with Gasteiger partial charge in [0.05, 0.1) is 17.7 Å². The van der Waals surface area contributed by atoms with Gasteiger partial charge in [-0.2, -0.15) is 0 Å². The molecule has 8 heteroatoms. The highest BCUT2D eigenvalue weighted by atomic mass is 79.9. The summed E-state index contributed by atoms with van der Waals surface area (Å²) in [5.41, 5.74) is 1.74. The number of hydrogen-bond donors (Lipinski definition) is 0. The Morgan fingerprint density at radius 1 is 1.27 bits per heavy atom.